The molecule has 1 fully saturated rings. The van der Waals surface area contributed by atoms with Crippen molar-refractivity contribution in [2.45, 2.75) is 52.0 Å². The van der Waals surface area contributed by atoms with E-state index in [1.807, 2.05) is 6.92 Å². The van der Waals surface area contributed by atoms with Gasteiger partial charge in [-0.3, -0.25) is 14.5 Å². The van der Waals surface area contributed by atoms with Crippen molar-refractivity contribution in [1.82, 2.24) is 10.2 Å². The molecule has 0 bridgehead atoms. The van der Waals surface area contributed by atoms with E-state index in [0.29, 0.717) is 25.8 Å². The number of rotatable bonds is 6. The summed E-state index contributed by atoms with van der Waals surface area (Å²) in [6.45, 7) is 5.58. The molecule has 4 heteroatoms. The van der Waals surface area contributed by atoms with Crippen molar-refractivity contribution < 1.29 is 9.59 Å². The summed E-state index contributed by atoms with van der Waals surface area (Å²) in [5.41, 5.74) is 0. The first-order valence-electron chi connectivity index (χ1n) is 6.25. The summed E-state index contributed by atoms with van der Waals surface area (Å²) in [7, 11) is 0. The molecule has 1 aliphatic heterocycles. The first-order chi connectivity index (χ1) is 7.69. The maximum Gasteiger partial charge on any atom is 0.229 e. The minimum atomic E-state index is -0.00439. The molecule has 0 aromatic rings. The Labute approximate surface area is 97.4 Å². The molecule has 1 atom stereocenters. The second-order valence-corrected chi connectivity index (χ2v) is 4.29. The minimum absolute atomic E-state index is 0.00439. The number of piperidine rings is 1. The highest BCUT2D eigenvalue weighted by atomic mass is 16.2. The summed E-state index contributed by atoms with van der Waals surface area (Å²) in [5.74, 6) is -0.00878. The van der Waals surface area contributed by atoms with E-state index in [1.165, 1.54) is 4.90 Å². The van der Waals surface area contributed by atoms with E-state index in [1.54, 1.807) is 0 Å². The standard InChI is InChI=1S/C12H22N2O2/c1-3-6-10(13-4-2)9-14-11(15)7-5-8-12(14)16/h10,13H,3-9H2,1-2H3. The molecule has 1 heterocycles. The zero-order valence-electron chi connectivity index (χ0n) is 10.3. The van der Waals surface area contributed by atoms with Crippen LogP contribution in [0.4, 0.5) is 0 Å². The summed E-state index contributed by atoms with van der Waals surface area (Å²) >= 11 is 0. The lowest BCUT2D eigenvalue weighted by Crippen LogP contribution is -2.48. The number of carbonyl (C=O) groups excluding carboxylic acids is 2. The molecule has 0 aromatic heterocycles. The van der Waals surface area contributed by atoms with E-state index in [9.17, 15) is 9.59 Å². The van der Waals surface area contributed by atoms with Crippen LogP contribution in [0.15, 0.2) is 0 Å². The Hall–Kier alpha value is -0.900. The lowest BCUT2D eigenvalue weighted by molar-refractivity contribution is -0.148. The van der Waals surface area contributed by atoms with Crippen LogP contribution in [-0.2, 0) is 9.59 Å². The van der Waals surface area contributed by atoms with E-state index in [2.05, 4.69) is 12.2 Å². The first-order valence-corrected chi connectivity index (χ1v) is 6.25. The SMILES string of the molecule is CCCC(CN1C(=O)CCCC1=O)NCC. The zero-order valence-corrected chi connectivity index (χ0v) is 10.3. The van der Waals surface area contributed by atoms with Crippen molar-refractivity contribution in [3.63, 3.8) is 0 Å². The summed E-state index contributed by atoms with van der Waals surface area (Å²) in [5, 5.41) is 3.33. The Bertz CT molecular complexity index is 231. The Kier molecular flexibility index (Phi) is 5.46. The van der Waals surface area contributed by atoms with Gasteiger partial charge in [0.05, 0.1) is 0 Å². The van der Waals surface area contributed by atoms with Gasteiger partial charge in [0.15, 0.2) is 0 Å². The first kappa shape index (κ1) is 13.2. The lowest BCUT2D eigenvalue weighted by atomic mass is 10.1. The molecule has 1 unspecified atom stereocenters. The quantitative estimate of drug-likeness (QED) is 0.695. The van der Waals surface area contributed by atoms with Crippen molar-refractivity contribution in [3.8, 4) is 0 Å². The number of likely N-dealkylation sites (tertiary alicyclic amines) is 1. The third-order valence-electron chi connectivity index (χ3n) is 2.92. The maximum absolute atomic E-state index is 11.6. The molecule has 0 spiro atoms. The molecule has 1 aliphatic rings. The third kappa shape index (κ3) is 3.59. The molecule has 92 valence electrons. The van der Waals surface area contributed by atoms with Gasteiger partial charge >= 0.3 is 0 Å². The fourth-order valence-corrected chi connectivity index (χ4v) is 2.12. The minimum Gasteiger partial charge on any atom is -0.312 e. The molecule has 1 rings (SSSR count). The second kappa shape index (κ2) is 6.63. The van der Waals surface area contributed by atoms with Crippen molar-refractivity contribution in [3.05, 3.63) is 0 Å². The Balaban J connectivity index is 2.53. The maximum atomic E-state index is 11.6. The van der Waals surface area contributed by atoms with E-state index in [4.69, 9.17) is 0 Å². The number of hydrogen-bond acceptors (Lipinski definition) is 3. The molecule has 0 aromatic carbocycles. The fraction of sp³-hybridized carbons (Fsp3) is 0.833. The fourth-order valence-electron chi connectivity index (χ4n) is 2.12. The topological polar surface area (TPSA) is 49.4 Å². The van der Waals surface area contributed by atoms with Crippen molar-refractivity contribution >= 4 is 11.8 Å². The smallest absolute Gasteiger partial charge is 0.229 e. The highest BCUT2D eigenvalue weighted by Gasteiger charge is 2.27. The Morgan fingerprint density at radius 2 is 1.88 bits per heavy atom. The average molecular weight is 226 g/mol. The molecular weight excluding hydrogens is 204 g/mol. The highest BCUT2D eigenvalue weighted by molar-refractivity contribution is 5.97. The number of nitrogens with one attached hydrogen (secondary N) is 1. The highest BCUT2D eigenvalue weighted by Crippen LogP contribution is 2.13. The van der Waals surface area contributed by atoms with E-state index in [-0.39, 0.29) is 17.9 Å². The predicted octanol–water partition coefficient (Wildman–Crippen LogP) is 1.30. The largest absolute Gasteiger partial charge is 0.312 e. The average Bonchev–Trinajstić information content (AvgIpc) is 2.24. The third-order valence-corrected chi connectivity index (χ3v) is 2.92. The molecule has 1 saturated heterocycles. The van der Waals surface area contributed by atoms with Gasteiger partial charge in [0.1, 0.15) is 0 Å². The van der Waals surface area contributed by atoms with Gasteiger partial charge in [-0.1, -0.05) is 20.3 Å². The number of imide groups is 1. The van der Waals surface area contributed by atoms with Crippen molar-refractivity contribution in [2.75, 3.05) is 13.1 Å². The van der Waals surface area contributed by atoms with Crippen LogP contribution in [0.2, 0.25) is 0 Å². The summed E-state index contributed by atoms with van der Waals surface area (Å²) in [4.78, 5) is 24.7. The van der Waals surface area contributed by atoms with Crippen LogP contribution < -0.4 is 5.32 Å². The summed E-state index contributed by atoms with van der Waals surface area (Å²) in [6, 6.07) is 0.251. The van der Waals surface area contributed by atoms with Gasteiger partial charge in [-0.2, -0.15) is 0 Å². The van der Waals surface area contributed by atoms with Gasteiger partial charge < -0.3 is 5.32 Å². The van der Waals surface area contributed by atoms with E-state index < -0.39 is 0 Å². The van der Waals surface area contributed by atoms with Crippen molar-refractivity contribution in [2.24, 2.45) is 0 Å². The van der Waals surface area contributed by atoms with Gasteiger partial charge in [0.25, 0.3) is 0 Å². The van der Waals surface area contributed by atoms with Gasteiger partial charge in [0, 0.05) is 25.4 Å². The van der Waals surface area contributed by atoms with Crippen LogP contribution in [0, 0.1) is 0 Å². The predicted molar refractivity (Wildman–Crippen MR) is 62.9 cm³/mol. The molecule has 4 nitrogen and oxygen atoms in total. The molecule has 1 N–H and O–H groups in total. The Morgan fingerprint density at radius 1 is 1.25 bits per heavy atom. The van der Waals surface area contributed by atoms with E-state index in [0.717, 1.165) is 19.4 Å². The zero-order chi connectivity index (χ0) is 12.0. The Morgan fingerprint density at radius 3 is 2.38 bits per heavy atom. The molecule has 0 aliphatic carbocycles. The monoisotopic (exact) mass is 226 g/mol. The molecular formula is C12H22N2O2. The van der Waals surface area contributed by atoms with Crippen molar-refractivity contribution in [1.29, 1.82) is 0 Å². The van der Waals surface area contributed by atoms with Gasteiger partial charge in [-0.25, -0.2) is 0 Å². The van der Waals surface area contributed by atoms with E-state index >= 15 is 0 Å². The number of carbonyl (C=O) groups is 2. The van der Waals surface area contributed by atoms with Crippen LogP contribution in [0.3, 0.4) is 0 Å². The van der Waals surface area contributed by atoms with Crippen LogP contribution in [-0.4, -0.2) is 35.8 Å². The van der Waals surface area contributed by atoms with Crippen LogP contribution in [0.5, 0.6) is 0 Å². The molecule has 2 amide bonds. The van der Waals surface area contributed by atoms with Gasteiger partial charge in [-0.05, 0) is 19.4 Å². The van der Waals surface area contributed by atoms with Gasteiger partial charge in [-0.15, -0.1) is 0 Å². The number of likely N-dealkylation sites (N-methyl/N-ethyl adjacent to an activating group) is 1. The molecule has 16 heavy (non-hydrogen) atoms. The van der Waals surface area contributed by atoms with Crippen LogP contribution >= 0.6 is 0 Å². The summed E-state index contributed by atoms with van der Waals surface area (Å²) < 4.78 is 0. The van der Waals surface area contributed by atoms with Crippen LogP contribution in [0.25, 0.3) is 0 Å². The number of nitrogens with zero attached hydrogens (tertiary/aromatic N) is 1. The number of hydrogen-bond donors (Lipinski definition) is 1. The normalized spacial score (nSPS) is 19.0. The number of amides is 2. The second-order valence-electron chi connectivity index (χ2n) is 4.29. The molecule has 0 saturated carbocycles. The van der Waals surface area contributed by atoms with Gasteiger partial charge in [0.2, 0.25) is 11.8 Å². The summed E-state index contributed by atoms with van der Waals surface area (Å²) in [6.07, 6.45) is 3.83. The lowest BCUT2D eigenvalue weighted by Gasteiger charge is -2.29. The molecule has 0 radical (unpaired) electrons. The van der Waals surface area contributed by atoms with Crippen LogP contribution in [0.1, 0.15) is 46.0 Å².